The summed E-state index contributed by atoms with van der Waals surface area (Å²) in [6.07, 6.45) is 6.90. The largest absolute Gasteiger partial charge is 0.455 e. The highest BCUT2D eigenvalue weighted by atomic mass is 35.5. The van der Waals surface area contributed by atoms with E-state index in [4.69, 9.17) is 21.1 Å². The maximum absolute atomic E-state index is 14.2. The Balaban J connectivity index is 1.35. The first kappa shape index (κ1) is 24.7. The Labute approximate surface area is 215 Å². The fourth-order valence-electron chi connectivity index (χ4n) is 10.7. The van der Waals surface area contributed by atoms with Gasteiger partial charge >= 0.3 is 5.97 Å². The molecule has 1 N–H and O–H groups in total. The van der Waals surface area contributed by atoms with E-state index >= 15 is 0 Å². The van der Waals surface area contributed by atoms with Gasteiger partial charge in [-0.3, -0.25) is 9.59 Å². The number of aliphatic hydroxyl groups excluding tert-OH is 1. The van der Waals surface area contributed by atoms with E-state index in [9.17, 15) is 14.7 Å². The zero-order valence-corrected chi connectivity index (χ0v) is 23.0. The monoisotopic (exact) mass is 506 g/mol. The Morgan fingerprint density at radius 2 is 1.83 bits per heavy atom. The number of Topliss-reactive ketones (excluding diaryl/α,β-unsaturated/α-hetero) is 1. The van der Waals surface area contributed by atoms with Gasteiger partial charge in [-0.25, -0.2) is 0 Å². The molecule has 5 nitrogen and oxygen atoms in total. The van der Waals surface area contributed by atoms with Crippen molar-refractivity contribution in [1.29, 1.82) is 0 Å². The lowest BCUT2D eigenvalue weighted by Crippen LogP contribution is -2.71. The van der Waals surface area contributed by atoms with Gasteiger partial charge < -0.3 is 14.6 Å². The van der Waals surface area contributed by atoms with E-state index in [1.54, 1.807) is 0 Å². The van der Waals surface area contributed by atoms with Crippen molar-refractivity contribution in [3.05, 3.63) is 0 Å². The number of aliphatic hydroxyl groups is 1. The molecule has 11 atom stereocenters. The van der Waals surface area contributed by atoms with Gasteiger partial charge in [0.05, 0.1) is 17.1 Å². The molecule has 35 heavy (non-hydrogen) atoms. The number of hydrogen-bond acceptors (Lipinski definition) is 5. The van der Waals surface area contributed by atoms with E-state index in [1.165, 1.54) is 0 Å². The second-order valence-electron chi connectivity index (χ2n) is 14.2. The van der Waals surface area contributed by atoms with Crippen molar-refractivity contribution < 1.29 is 24.2 Å². The second kappa shape index (κ2) is 7.05. The molecule has 2 aliphatic heterocycles. The molecular formula is C29H43ClO5. The van der Waals surface area contributed by atoms with Crippen LogP contribution in [-0.2, 0) is 19.1 Å². The van der Waals surface area contributed by atoms with Crippen molar-refractivity contribution in [1.82, 2.24) is 0 Å². The highest BCUT2D eigenvalue weighted by Gasteiger charge is 2.97. The SMILES string of the molecule is CC(CCC(O)C(C)(C)Cl)C1CCC23C(=O)OC4(CCC12C)C1(C)CCC(=O)C(C)C1CC1OC143. The van der Waals surface area contributed by atoms with Crippen molar-refractivity contribution in [3.63, 3.8) is 0 Å². The van der Waals surface area contributed by atoms with Crippen molar-refractivity contribution in [2.75, 3.05) is 0 Å². The number of rotatable bonds is 5. The van der Waals surface area contributed by atoms with Crippen LogP contribution in [0.15, 0.2) is 0 Å². The van der Waals surface area contributed by atoms with E-state index in [1.807, 2.05) is 13.8 Å². The first-order chi connectivity index (χ1) is 16.2. The molecule has 4 saturated carbocycles. The van der Waals surface area contributed by atoms with Gasteiger partial charge in [0, 0.05) is 17.8 Å². The zero-order valence-electron chi connectivity index (χ0n) is 22.3. The van der Waals surface area contributed by atoms with Crippen molar-refractivity contribution >= 4 is 23.4 Å². The first-order valence-corrected chi connectivity index (χ1v) is 14.4. The smallest absolute Gasteiger partial charge is 0.316 e. The van der Waals surface area contributed by atoms with Crippen LogP contribution in [0.1, 0.15) is 99.3 Å². The summed E-state index contributed by atoms with van der Waals surface area (Å²) in [5.74, 6) is 1.31. The highest BCUT2D eigenvalue weighted by Crippen LogP contribution is 2.86. The standard InChI is InChI=1S/C29H43ClO5/c1-16(7-8-21(32)24(3,4)30)18-9-12-27-23(33)35-28(14-13-25(18,27)5)26(6)11-10-20(31)17(2)19(26)15-22-29(27,28)34-22/h16-19,21-22,32H,7-15H2,1-6H3. The van der Waals surface area contributed by atoms with Gasteiger partial charge in [0.15, 0.2) is 11.2 Å². The number of esters is 1. The molecule has 6 fully saturated rings. The summed E-state index contributed by atoms with van der Waals surface area (Å²) in [6, 6.07) is 0. The predicted molar refractivity (Wildman–Crippen MR) is 133 cm³/mol. The second-order valence-corrected chi connectivity index (χ2v) is 15.2. The number of alkyl halides is 1. The molecule has 0 aromatic rings. The average molecular weight is 507 g/mol. The van der Waals surface area contributed by atoms with Gasteiger partial charge in [0.25, 0.3) is 0 Å². The summed E-state index contributed by atoms with van der Waals surface area (Å²) in [5, 5.41) is 10.5. The molecule has 4 aliphatic carbocycles. The van der Waals surface area contributed by atoms with E-state index in [2.05, 4.69) is 27.7 Å². The van der Waals surface area contributed by atoms with Gasteiger partial charge in [-0.1, -0.05) is 27.7 Å². The van der Waals surface area contributed by atoms with Gasteiger partial charge in [-0.05, 0) is 88.4 Å². The number of ether oxygens (including phenoxy) is 2. The summed E-state index contributed by atoms with van der Waals surface area (Å²) in [5.41, 5.74) is -2.12. The van der Waals surface area contributed by atoms with E-state index in [0.29, 0.717) is 30.5 Å². The molecule has 6 rings (SSSR count). The first-order valence-electron chi connectivity index (χ1n) is 14.0. The number of hydrogen-bond donors (Lipinski definition) is 1. The number of epoxide rings is 1. The van der Waals surface area contributed by atoms with E-state index < -0.39 is 27.6 Å². The van der Waals surface area contributed by atoms with E-state index in [0.717, 1.165) is 44.9 Å². The lowest BCUT2D eigenvalue weighted by atomic mass is 9.38. The number of halogens is 1. The Bertz CT molecular complexity index is 975. The highest BCUT2D eigenvalue weighted by molar-refractivity contribution is 6.23. The summed E-state index contributed by atoms with van der Waals surface area (Å²) < 4.78 is 13.5. The summed E-state index contributed by atoms with van der Waals surface area (Å²) in [6.45, 7) is 12.8. The Morgan fingerprint density at radius 1 is 1.11 bits per heavy atom. The average Bonchev–Trinajstić information content (AvgIpc) is 3.37. The fourth-order valence-corrected chi connectivity index (χ4v) is 10.8. The molecule has 0 amide bonds. The Hall–Kier alpha value is -0.650. The molecule has 196 valence electrons. The molecule has 2 bridgehead atoms. The molecule has 11 unspecified atom stereocenters. The maximum Gasteiger partial charge on any atom is 0.316 e. The van der Waals surface area contributed by atoms with Crippen LogP contribution in [0.25, 0.3) is 0 Å². The predicted octanol–water partition coefficient (Wildman–Crippen LogP) is 5.44. The quantitative estimate of drug-likeness (QED) is 0.305. The third kappa shape index (κ3) is 2.55. The molecule has 2 saturated heterocycles. The molecule has 0 radical (unpaired) electrons. The lowest BCUT2D eigenvalue weighted by Gasteiger charge is -2.62. The summed E-state index contributed by atoms with van der Waals surface area (Å²) >= 11 is 6.37. The van der Waals surface area contributed by atoms with Gasteiger partial charge in [-0.15, -0.1) is 11.6 Å². The van der Waals surface area contributed by atoms with Crippen LogP contribution in [-0.4, -0.2) is 45.1 Å². The van der Waals surface area contributed by atoms with Crippen molar-refractivity contribution in [3.8, 4) is 0 Å². The molecule has 6 aliphatic rings. The third-order valence-electron chi connectivity index (χ3n) is 12.8. The van der Waals surface area contributed by atoms with E-state index in [-0.39, 0.29) is 34.7 Å². The van der Waals surface area contributed by atoms with Crippen LogP contribution in [0.5, 0.6) is 0 Å². The fraction of sp³-hybridized carbons (Fsp3) is 0.931. The zero-order chi connectivity index (χ0) is 25.4. The van der Waals surface area contributed by atoms with Gasteiger partial charge in [-0.2, -0.15) is 0 Å². The number of carbonyl (C=O) groups is 2. The Kier molecular flexibility index (Phi) is 4.97. The molecule has 0 aromatic carbocycles. The third-order valence-corrected chi connectivity index (χ3v) is 13.0. The number of fused-ring (bicyclic) bond motifs is 1. The van der Waals surface area contributed by atoms with Gasteiger partial charge in [0.2, 0.25) is 0 Å². The van der Waals surface area contributed by atoms with Crippen molar-refractivity contribution in [2.24, 2.45) is 39.9 Å². The van der Waals surface area contributed by atoms with Crippen LogP contribution in [0.3, 0.4) is 0 Å². The molecule has 6 heteroatoms. The number of ketones is 1. The minimum Gasteiger partial charge on any atom is -0.455 e. The summed E-state index contributed by atoms with van der Waals surface area (Å²) in [7, 11) is 0. The van der Waals surface area contributed by atoms with Crippen LogP contribution in [0.2, 0.25) is 0 Å². The molecule has 2 heterocycles. The molecular weight excluding hydrogens is 464 g/mol. The lowest BCUT2D eigenvalue weighted by molar-refractivity contribution is -0.205. The minimum absolute atomic E-state index is 0.00264. The normalized spacial score (nSPS) is 53.7. The maximum atomic E-state index is 14.2. The topological polar surface area (TPSA) is 76.1 Å². The van der Waals surface area contributed by atoms with Crippen molar-refractivity contribution in [2.45, 2.75) is 128 Å². The Morgan fingerprint density at radius 3 is 2.51 bits per heavy atom. The van der Waals surface area contributed by atoms with Crippen LogP contribution in [0, 0.1) is 39.9 Å². The van der Waals surface area contributed by atoms with Crippen LogP contribution < -0.4 is 0 Å². The minimum atomic E-state index is -0.638. The van der Waals surface area contributed by atoms with Crippen LogP contribution in [0.4, 0.5) is 0 Å². The molecule has 0 aromatic heterocycles. The summed E-state index contributed by atoms with van der Waals surface area (Å²) in [4.78, 5) is 26.2. The van der Waals surface area contributed by atoms with Crippen LogP contribution >= 0.6 is 11.6 Å². The molecule has 2 spiro atoms. The number of carbonyl (C=O) groups excluding carboxylic acids is 2. The van der Waals surface area contributed by atoms with Gasteiger partial charge in [0.1, 0.15) is 11.2 Å².